The maximum Gasteiger partial charge on any atom is 0.226 e. The van der Waals surface area contributed by atoms with Crippen molar-refractivity contribution in [2.24, 2.45) is 11.8 Å². The molecule has 2 amide bonds. The normalized spacial score (nSPS) is 21.9. The average molecular weight is 361 g/mol. The second-order valence-corrected chi connectivity index (χ2v) is 7.56. The van der Waals surface area contributed by atoms with Crippen molar-refractivity contribution in [3.8, 4) is 0 Å². The van der Waals surface area contributed by atoms with Crippen LogP contribution in [0.4, 0.5) is 4.39 Å². The van der Waals surface area contributed by atoms with Crippen molar-refractivity contribution in [2.75, 3.05) is 32.7 Å². The highest BCUT2D eigenvalue weighted by molar-refractivity contribution is 5.81. The Bertz CT molecular complexity index is 656. The van der Waals surface area contributed by atoms with E-state index in [1.54, 1.807) is 6.07 Å². The van der Waals surface area contributed by atoms with Crippen LogP contribution in [0.3, 0.4) is 0 Å². The molecule has 0 aromatic heterocycles. The van der Waals surface area contributed by atoms with Gasteiger partial charge in [-0.25, -0.2) is 4.39 Å². The number of amides is 2. The molecule has 0 saturated carbocycles. The second kappa shape index (κ2) is 8.16. The van der Waals surface area contributed by atoms with Gasteiger partial charge in [0, 0.05) is 44.6 Å². The number of hydrogen-bond donors (Lipinski definition) is 1. The summed E-state index contributed by atoms with van der Waals surface area (Å²) in [6.45, 7) is 7.12. The number of likely N-dealkylation sites (tertiary alicyclic amines) is 1. The van der Waals surface area contributed by atoms with Crippen LogP contribution in [0, 0.1) is 17.7 Å². The molecule has 0 aliphatic carbocycles. The van der Waals surface area contributed by atoms with E-state index in [0.717, 1.165) is 12.1 Å². The first-order valence-electron chi connectivity index (χ1n) is 9.53. The van der Waals surface area contributed by atoms with E-state index in [9.17, 15) is 14.0 Å². The van der Waals surface area contributed by atoms with E-state index in [1.807, 2.05) is 29.7 Å². The molecule has 0 bridgehead atoms. The number of carbonyl (C=O) groups excluding carboxylic acids is 2. The molecular formula is C20H28FN3O2. The van der Waals surface area contributed by atoms with Crippen molar-refractivity contribution in [1.29, 1.82) is 0 Å². The molecule has 0 radical (unpaired) electrons. The quantitative estimate of drug-likeness (QED) is 0.898. The second-order valence-electron chi connectivity index (χ2n) is 7.56. The van der Waals surface area contributed by atoms with Gasteiger partial charge in [0.2, 0.25) is 11.8 Å². The minimum atomic E-state index is -0.277. The van der Waals surface area contributed by atoms with Crippen LogP contribution in [0.1, 0.15) is 38.3 Å². The molecule has 2 saturated heterocycles. The first-order chi connectivity index (χ1) is 12.5. The number of halogens is 1. The maximum atomic E-state index is 13.6. The third-order valence-corrected chi connectivity index (χ3v) is 5.41. The van der Waals surface area contributed by atoms with Gasteiger partial charge in [-0.05, 0) is 30.5 Å². The molecule has 2 fully saturated rings. The Hall–Kier alpha value is -1.95. The Morgan fingerprint density at radius 3 is 2.58 bits per heavy atom. The van der Waals surface area contributed by atoms with Crippen molar-refractivity contribution >= 4 is 11.8 Å². The van der Waals surface area contributed by atoms with Gasteiger partial charge in [0.05, 0.1) is 6.04 Å². The third-order valence-electron chi connectivity index (χ3n) is 5.41. The number of nitrogens with one attached hydrogen (secondary N) is 1. The number of piperazine rings is 1. The highest BCUT2D eigenvalue weighted by Gasteiger charge is 2.35. The van der Waals surface area contributed by atoms with Crippen LogP contribution in [-0.4, -0.2) is 54.3 Å². The van der Waals surface area contributed by atoms with E-state index in [2.05, 4.69) is 5.32 Å². The summed E-state index contributed by atoms with van der Waals surface area (Å²) in [5, 5.41) is 3.31. The Balaban J connectivity index is 1.67. The summed E-state index contributed by atoms with van der Waals surface area (Å²) in [6.07, 6.45) is 1.41. The Morgan fingerprint density at radius 1 is 1.19 bits per heavy atom. The summed E-state index contributed by atoms with van der Waals surface area (Å²) in [7, 11) is 0. The molecular weight excluding hydrogens is 333 g/mol. The van der Waals surface area contributed by atoms with Crippen LogP contribution >= 0.6 is 0 Å². The third kappa shape index (κ3) is 4.06. The van der Waals surface area contributed by atoms with Crippen molar-refractivity contribution in [2.45, 2.75) is 32.7 Å². The topological polar surface area (TPSA) is 52.7 Å². The fourth-order valence-electron chi connectivity index (χ4n) is 3.93. The van der Waals surface area contributed by atoms with Crippen molar-refractivity contribution < 1.29 is 14.0 Å². The van der Waals surface area contributed by atoms with E-state index in [4.69, 9.17) is 0 Å². The number of hydrogen-bond acceptors (Lipinski definition) is 3. The van der Waals surface area contributed by atoms with Gasteiger partial charge in [-0.15, -0.1) is 0 Å². The monoisotopic (exact) mass is 361 g/mol. The molecule has 0 spiro atoms. The van der Waals surface area contributed by atoms with Crippen molar-refractivity contribution in [1.82, 2.24) is 15.1 Å². The lowest BCUT2D eigenvalue weighted by Gasteiger charge is -2.40. The zero-order valence-corrected chi connectivity index (χ0v) is 15.6. The largest absolute Gasteiger partial charge is 0.342 e. The number of rotatable bonds is 3. The van der Waals surface area contributed by atoms with Gasteiger partial charge in [-0.1, -0.05) is 26.0 Å². The summed E-state index contributed by atoms with van der Waals surface area (Å²) in [6, 6.07) is 6.38. The predicted octanol–water partition coefficient (Wildman–Crippen LogP) is 2.19. The summed E-state index contributed by atoms with van der Waals surface area (Å²) < 4.78 is 13.6. The number of carbonyl (C=O) groups is 2. The lowest BCUT2D eigenvalue weighted by Crippen LogP contribution is -2.52. The van der Waals surface area contributed by atoms with Crippen LogP contribution in [0.2, 0.25) is 0 Å². The van der Waals surface area contributed by atoms with Crippen LogP contribution in [0.5, 0.6) is 0 Å². The molecule has 1 aromatic rings. The predicted molar refractivity (Wildman–Crippen MR) is 97.9 cm³/mol. The smallest absolute Gasteiger partial charge is 0.226 e. The van der Waals surface area contributed by atoms with Crippen LogP contribution in [0.15, 0.2) is 24.3 Å². The van der Waals surface area contributed by atoms with Crippen LogP contribution in [0.25, 0.3) is 0 Å². The molecule has 1 N–H and O–H groups in total. The molecule has 2 aliphatic heterocycles. The van der Waals surface area contributed by atoms with Gasteiger partial charge in [0.25, 0.3) is 0 Å². The highest BCUT2D eigenvalue weighted by Crippen LogP contribution is 2.28. The van der Waals surface area contributed by atoms with Gasteiger partial charge < -0.3 is 15.1 Å². The fourth-order valence-corrected chi connectivity index (χ4v) is 3.93. The SMILES string of the molecule is CC(C)C(=O)N1CCC(C(=O)N2CCNCC2c2cccc(F)c2)CC1. The standard InChI is InChI=1S/C20H28FN3O2/c1-14(2)19(25)23-9-6-15(7-10-23)20(26)24-11-8-22-13-18(24)16-4-3-5-17(21)12-16/h3-5,12,14-15,18,22H,6-11,13H2,1-2H3. The van der Waals surface area contributed by atoms with E-state index in [-0.39, 0.29) is 35.5 Å². The number of benzene rings is 1. The lowest BCUT2D eigenvalue weighted by atomic mass is 9.92. The minimum Gasteiger partial charge on any atom is -0.342 e. The van der Waals surface area contributed by atoms with Crippen molar-refractivity contribution in [3.05, 3.63) is 35.6 Å². The fraction of sp³-hybridized carbons (Fsp3) is 0.600. The molecule has 6 heteroatoms. The zero-order chi connectivity index (χ0) is 18.7. The van der Waals surface area contributed by atoms with Gasteiger partial charge >= 0.3 is 0 Å². The Labute approximate surface area is 154 Å². The summed E-state index contributed by atoms with van der Waals surface area (Å²) in [5.41, 5.74) is 0.831. The summed E-state index contributed by atoms with van der Waals surface area (Å²) >= 11 is 0. The average Bonchev–Trinajstić information content (AvgIpc) is 2.67. The Kier molecular flexibility index (Phi) is 5.91. The first-order valence-corrected chi connectivity index (χ1v) is 9.53. The minimum absolute atomic E-state index is 0.00669. The van der Waals surface area contributed by atoms with Gasteiger partial charge in [0.15, 0.2) is 0 Å². The molecule has 3 rings (SSSR count). The van der Waals surface area contributed by atoms with Gasteiger partial charge in [0.1, 0.15) is 5.82 Å². The van der Waals surface area contributed by atoms with Crippen LogP contribution in [-0.2, 0) is 9.59 Å². The zero-order valence-electron chi connectivity index (χ0n) is 15.6. The highest BCUT2D eigenvalue weighted by atomic mass is 19.1. The molecule has 1 unspecified atom stereocenters. The number of piperidine rings is 1. The summed E-state index contributed by atoms with van der Waals surface area (Å²) in [5.74, 6) is -0.0396. The molecule has 2 heterocycles. The molecule has 1 aromatic carbocycles. The Morgan fingerprint density at radius 2 is 1.92 bits per heavy atom. The van der Waals surface area contributed by atoms with E-state index in [1.165, 1.54) is 12.1 Å². The maximum absolute atomic E-state index is 13.6. The summed E-state index contributed by atoms with van der Waals surface area (Å²) in [4.78, 5) is 29.0. The molecule has 5 nitrogen and oxygen atoms in total. The van der Waals surface area contributed by atoms with Gasteiger partial charge in [-0.3, -0.25) is 9.59 Å². The van der Waals surface area contributed by atoms with Crippen molar-refractivity contribution in [3.63, 3.8) is 0 Å². The first kappa shape index (κ1) is 18.8. The molecule has 26 heavy (non-hydrogen) atoms. The molecule has 2 aliphatic rings. The lowest BCUT2D eigenvalue weighted by molar-refractivity contribution is -0.144. The van der Waals surface area contributed by atoms with E-state index in [0.29, 0.717) is 39.0 Å². The number of nitrogens with zero attached hydrogens (tertiary/aromatic N) is 2. The van der Waals surface area contributed by atoms with E-state index < -0.39 is 0 Å². The van der Waals surface area contributed by atoms with E-state index >= 15 is 0 Å². The van der Waals surface area contributed by atoms with Gasteiger partial charge in [-0.2, -0.15) is 0 Å². The molecule has 1 atom stereocenters. The van der Waals surface area contributed by atoms with Crippen LogP contribution < -0.4 is 5.32 Å². The molecule has 142 valence electrons.